The number of hydrogen-bond donors (Lipinski definition) is 6. The Balaban J connectivity index is 0.837. The van der Waals surface area contributed by atoms with Gasteiger partial charge in [-0.05, 0) is 107 Å². The Kier molecular flexibility index (Phi) is 11.1. The average molecular weight is 781 g/mol. The van der Waals surface area contributed by atoms with Crippen LogP contribution < -0.4 is 0 Å². The van der Waals surface area contributed by atoms with Crippen LogP contribution in [-0.2, 0) is 38.0 Å². The van der Waals surface area contributed by atoms with E-state index in [1.54, 1.807) is 19.9 Å². The maximum Gasteiger partial charge on any atom is 0.331 e. The molecule has 14 heteroatoms. The van der Waals surface area contributed by atoms with Crippen LogP contribution in [0.2, 0.25) is 0 Å². The third kappa shape index (κ3) is 6.95. The van der Waals surface area contributed by atoms with Gasteiger partial charge in [0.05, 0.1) is 54.4 Å². The van der Waals surface area contributed by atoms with Crippen molar-refractivity contribution in [1.29, 1.82) is 0 Å². The van der Waals surface area contributed by atoms with Crippen LogP contribution in [0.1, 0.15) is 105 Å². The molecule has 4 aliphatic heterocycles. The van der Waals surface area contributed by atoms with Crippen molar-refractivity contribution >= 4 is 5.97 Å². The summed E-state index contributed by atoms with van der Waals surface area (Å²) >= 11 is 0. The summed E-state index contributed by atoms with van der Waals surface area (Å²) in [6, 6.07) is 0. The van der Waals surface area contributed by atoms with Gasteiger partial charge in [0.15, 0.2) is 18.9 Å². The SMILES string of the molecule is C[C@H]1O[C@H](O[C@H]2[C@@H](O)C[C@@H](O[C@H]3[C@@H](O)C[C@H](O[C@H]4CC[C@@]5(C)[C@H](CC[C@@H]6[C@@H]5C[C@@H](O)[C@]5(C)[C@@H](C7=CC(=O)OC7)CC[C@]65O)C4)O[C@@H]3C)O[C@@H]2C)C[C@H](O)[C@@H]1O. The number of ether oxygens (including phenoxy) is 7. The second-order valence-corrected chi connectivity index (χ2v) is 18.8. The Hall–Kier alpha value is -1.27. The van der Waals surface area contributed by atoms with Crippen molar-refractivity contribution in [2.24, 2.45) is 34.5 Å². The fourth-order valence-corrected chi connectivity index (χ4v) is 12.8. The van der Waals surface area contributed by atoms with Crippen LogP contribution in [0.3, 0.4) is 0 Å². The Bertz CT molecular complexity index is 1410. The number of carbonyl (C=O) groups excluding carboxylic acids is 1. The lowest BCUT2D eigenvalue weighted by molar-refractivity contribution is -0.336. The van der Waals surface area contributed by atoms with Crippen molar-refractivity contribution < 1.29 is 68.6 Å². The molecule has 3 saturated heterocycles. The van der Waals surface area contributed by atoms with Gasteiger partial charge in [0.1, 0.15) is 24.9 Å². The van der Waals surface area contributed by atoms with Gasteiger partial charge in [-0.15, -0.1) is 0 Å². The first kappa shape index (κ1) is 40.5. The minimum absolute atomic E-state index is 0.0452. The highest BCUT2D eigenvalue weighted by Crippen LogP contribution is 2.70. The second-order valence-electron chi connectivity index (χ2n) is 18.8. The molecule has 4 aliphatic carbocycles. The summed E-state index contributed by atoms with van der Waals surface area (Å²) in [5.74, 6) is 0.204. The molecule has 4 heterocycles. The van der Waals surface area contributed by atoms with Crippen LogP contribution in [0.4, 0.5) is 0 Å². The van der Waals surface area contributed by atoms with Gasteiger partial charge in [0.2, 0.25) is 0 Å². The van der Waals surface area contributed by atoms with E-state index in [-0.39, 0.29) is 61.1 Å². The average Bonchev–Trinajstić information content (AvgIpc) is 3.67. The molecule has 0 aromatic heterocycles. The van der Waals surface area contributed by atoms with Crippen molar-refractivity contribution in [3.8, 4) is 0 Å². The monoisotopic (exact) mass is 780 g/mol. The Morgan fingerprint density at radius 3 is 1.87 bits per heavy atom. The number of cyclic esters (lactones) is 1. The Morgan fingerprint density at radius 2 is 1.29 bits per heavy atom. The first-order valence-electron chi connectivity index (χ1n) is 20.9. The van der Waals surface area contributed by atoms with Crippen LogP contribution in [0.5, 0.6) is 0 Å². The summed E-state index contributed by atoms with van der Waals surface area (Å²) in [7, 11) is 0. The highest BCUT2D eigenvalue weighted by Gasteiger charge is 2.71. The fraction of sp³-hybridized carbons (Fsp3) is 0.927. The molecule has 4 saturated carbocycles. The maximum atomic E-state index is 12.6. The molecule has 0 aromatic rings. The summed E-state index contributed by atoms with van der Waals surface area (Å²) in [4.78, 5) is 11.9. The van der Waals surface area contributed by atoms with Crippen LogP contribution in [-0.4, -0.2) is 135 Å². The van der Waals surface area contributed by atoms with E-state index in [0.717, 1.165) is 44.1 Å². The normalized spacial score (nSPS) is 55.5. The van der Waals surface area contributed by atoms with E-state index in [9.17, 15) is 35.4 Å². The van der Waals surface area contributed by atoms with Crippen LogP contribution in [0.15, 0.2) is 11.6 Å². The predicted octanol–water partition coefficient (Wildman–Crippen LogP) is 2.22. The number of esters is 1. The van der Waals surface area contributed by atoms with Crippen molar-refractivity contribution in [3.63, 3.8) is 0 Å². The lowest BCUT2D eigenvalue weighted by Crippen LogP contribution is -2.67. The molecule has 14 nitrogen and oxygen atoms in total. The zero-order valence-electron chi connectivity index (χ0n) is 32.9. The highest BCUT2D eigenvalue weighted by molar-refractivity contribution is 5.85. The number of carbonyl (C=O) groups is 1. The number of hydrogen-bond acceptors (Lipinski definition) is 14. The zero-order valence-corrected chi connectivity index (χ0v) is 32.9. The molecule has 0 unspecified atom stereocenters. The van der Waals surface area contributed by atoms with Crippen molar-refractivity contribution in [1.82, 2.24) is 0 Å². The van der Waals surface area contributed by atoms with Gasteiger partial charge in [-0.3, -0.25) is 0 Å². The zero-order chi connectivity index (χ0) is 39.2. The third-order valence-corrected chi connectivity index (χ3v) is 16.0. The van der Waals surface area contributed by atoms with Gasteiger partial charge in [-0.25, -0.2) is 4.79 Å². The Labute approximate surface area is 323 Å². The van der Waals surface area contributed by atoms with Crippen molar-refractivity contribution in [2.45, 2.75) is 197 Å². The maximum absolute atomic E-state index is 12.6. The van der Waals surface area contributed by atoms with E-state index in [0.29, 0.717) is 18.8 Å². The molecule has 0 aromatic carbocycles. The van der Waals surface area contributed by atoms with Gasteiger partial charge >= 0.3 is 5.97 Å². The molecular weight excluding hydrogens is 716 g/mol. The number of aliphatic hydroxyl groups is 6. The molecule has 0 bridgehead atoms. The number of aliphatic hydroxyl groups excluding tert-OH is 5. The molecule has 8 rings (SSSR count). The van der Waals surface area contributed by atoms with Crippen LogP contribution in [0, 0.1) is 34.5 Å². The molecule has 0 amide bonds. The lowest BCUT2D eigenvalue weighted by atomic mass is 9.42. The molecule has 312 valence electrons. The van der Waals surface area contributed by atoms with E-state index in [1.807, 2.05) is 13.8 Å². The van der Waals surface area contributed by atoms with Crippen LogP contribution >= 0.6 is 0 Å². The topological polar surface area (TPSA) is 203 Å². The molecule has 6 N–H and O–H groups in total. The van der Waals surface area contributed by atoms with Crippen molar-refractivity contribution in [3.05, 3.63) is 11.6 Å². The molecule has 0 spiro atoms. The quantitative estimate of drug-likeness (QED) is 0.162. The van der Waals surface area contributed by atoms with Crippen molar-refractivity contribution in [2.75, 3.05) is 6.61 Å². The number of rotatable bonds is 7. The molecule has 21 atom stereocenters. The molecule has 8 aliphatic rings. The summed E-state index contributed by atoms with van der Waals surface area (Å²) in [5.41, 5.74) is -0.892. The van der Waals surface area contributed by atoms with E-state index >= 15 is 0 Å². The lowest BCUT2D eigenvalue weighted by Gasteiger charge is -2.65. The standard InChI is InChI=1S/C41H64O14/c1-19-36(47)28(42)15-34(50-19)54-38-21(3)52-35(17-30(38)44)55-37-20(2)51-33(16-29(37)43)53-24-8-10-39(4)23(13-24)6-7-26-27(39)14-31(45)40(5)25(9-11-41(26,40)48)22-12-32(46)49-18-22/h12,19-21,23-31,33-38,42-45,47-48H,6-11,13-18H2,1-5H3/t19-,20-,21-,23-,24+,25-,26-,27+,28+,29+,30+,31-,33+,34-,35-,36-,37-,38-,39+,40+,41+/m1/s1. The number of fused-ring (bicyclic) bond motifs is 5. The summed E-state index contributed by atoms with van der Waals surface area (Å²) < 4.78 is 42.1. The Morgan fingerprint density at radius 1 is 0.691 bits per heavy atom. The largest absolute Gasteiger partial charge is 0.458 e. The molecule has 7 fully saturated rings. The second kappa shape index (κ2) is 15.1. The van der Waals surface area contributed by atoms with E-state index in [1.165, 1.54) is 0 Å². The van der Waals surface area contributed by atoms with Gasteiger partial charge in [-0.2, -0.15) is 0 Å². The smallest absolute Gasteiger partial charge is 0.331 e. The van der Waals surface area contributed by atoms with Crippen LogP contribution in [0.25, 0.3) is 0 Å². The summed E-state index contributed by atoms with van der Waals surface area (Å²) in [6.07, 6.45) is -1.51. The highest BCUT2D eigenvalue weighted by atomic mass is 16.7. The van der Waals surface area contributed by atoms with E-state index in [4.69, 9.17) is 33.2 Å². The first-order valence-corrected chi connectivity index (χ1v) is 20.9. The minimum Gasteiger partial charge on any atom is -0.458 e. The predicted molar refractivity (Wildman–Crippen MR) is 193 cm³/mol. The van der Waals surface area contributed by atoms with Gasteiger partial charge in [0, 0.05) is 30.8 Å². The first-order chi connectivity index (χ1) is 26.0. The van der Waals surface area contributed by atoms with Gasteiger partial charge in [-0.1, -0.05) is 13.8 Å². The summed E-state index contributed by atoms with van der Waals surface area (Å²) in [5, 5.41) is 66.9. The van der Waals surface area contributed by atoms with E-state index in [2.05, 4.69) is 6.92 Å². The van der Waals surface area contributed by atoms with Gasteiger partial charge in [0.25, 0.3) is 0 Å². The molecule has 55 heavy (non-hydrogen) atoms. The van der Waals surface area contributed by atoms with Gasteiger partial charge < -0.3 is 63.8 Å². The minimum atomic E-state index is -1.01. The summed E-state index contributed by atoms with van der Waals surface area (Å²) in [6.45, 7) is 9.90. The van der Waals surface area contributed by atoms with E-state index < -0.39 is 90.9 Å². The fourth-order valence-electron chi connectivity index (χ4n) is 12.8. The molecular formula is C41H64O14. The molecule has 0 radical (unpaired) electrons. The third-order valence-electron chi connectivity index (χ3n) is 16.0.